The number of hydrogen-bond acceptors (Lipinski definition) is 2. The molecule has 0 aliphatic carbocycles. The van der Waals surface area contributed by atoms with Crippen LogP contribution in [0.5, 0.6) is 0 Å². The van der Waals surface area contributed by atoms with Crippen LogP contribution in [0.25, 0.3) is 0 Å². The molecule has 0 atom stereocenters. The lowest BCUT2D eigenvalue weighted by atomic mass is 10.2. The second-order valence-corrected chi connectivity index (χ2v) is 3.97. The van der Waals surface area contributed by atoms with Crippen molar-refractivity contribution < 1.29 is 9.18 Å². The highest BCUT2D eigenvalue weighted by atomic mass is 19.1. The third-order valence-electron chi connectivity index (χ3n) is 2.65. The van der Waals surface area contributed by atoms with Crippen LogP contribution in [0, 0.1) is 12.7 Å². The van der Waals surface area contributed by atoms with Crippen molar-refractivity contribution in [3.63, 3.8) is 0 Å². The molecule has 1 N–H and O–H groups in total. The number of nitrogens with zero attached hydrogens (tertiary/aromatic N) is 2. The normalized spacial score (nSPS) is 10.4. The molecule has 2 aromatic rings. The van der Waals surface area contributed by atoms with Gasteiger partial charge >= 0.3 is 0 Å². The molecule has 4 nitrogen and oxygen atoms in total. The monoisotopic (exact) mass is 247 g/mol. The van der Waals surface area contributed by atoms with Crippen molar-refractivity contribution >= 4 is 11.6 Å². The molecular weight excluding hydrogens is 233 g/mol. The van der Waals surface area contributed by atoms with Gasteiger partial charge < -0.3 is 5.32 Å². The summed E-state index contributed by atoms with van der Waals surface area (Å²) in [6.07, 6.45) is 1.73. The van der Waals surface area contributed by atoms with Crippen molar-refractivity contribution in [1.82, 2.24) is 9.78 Å². The van der Waals surface area contributed by atoms with Gasteiger partial charge in [0.2, 0.25) is 0 Å². The van der Waals surface area contributed by atoms with Crippen LogP contribution in [0.1, 0.15) is 23.0 Å². The first-order valence-corrected chi connectivity index (χ1v) is 5.71. The van der Waals surface area contributed by atoms with Crippen LogP contribution in [0.15, 0.2) is 30.5 Å². The van der Waals surface area contributed by atoms with Crippen molar-refractivity contribution in [2.24, 2.45) is 0 Å². The molecule has 0 saturated heterocycles. The Balaban J connectivity index is 2.18. The van der Waals surface area contributed by atoms with E-state index in [0.29, 0.717) is 17.9 Å². The number of hydrogen-bond donors (Lipinski definition) is 1. The highest BCUT2D eigenvalue weighted by molar-refractivity contribution is 6.03. The lowest BCUT2D eigenvalue weighted by Crippen LogP contribution is -2.14. The second-order valence-electron chi connectivity index (χ2n) is 3.97. The van der Waals surface area contributed by atoms with E-state index in [-0.39, 0.29) is 11.7 Å². The lowest BCUT2D eigenvalue weighted by Gasteiger charge is -2.06. The van der Waals surface area contributed by atoms with Crippen LogP contribution >= 0.6 is 0 Å². The van der Waals surface area contributed by atoms with Gasteiger partial charge in [0.1, 0.15) is 5.82 Å². The van der Waals surface area contributed by atoms with E-state index in [1.807, 2.05) is 6.92 Å². The van der Waals surface area contributed by atoms with E-state index in [9.17, 15) is 9.18 Å². The fraction of sp³-hybridized carbons (Fsp3) is 0.231. The zero-order valence-corrected chi connectivity index (χ0v) is 10.3. The molecule has 1 aromatic heterocycles. The number of nitrogens with one attached hydrogen (secondary N) is 1. The summed E-state index contributed by atoms with van der Waals surface area (Å²) in [5, 5.41) is 6.74. The number of amides is 1. The molecule has 1 heterocycles. The van der Waals surface area contributed by atoms with Gasteiger partial charge in [-0.3, -0.25) is 9.48 Å². The number of anilines is 1. The molecule has 0 aliphatic heterocycles. The molecule has 0 unspecified atom stereocenters. The highest BCUT2D eigenvalue weighted by Crippen LogP contribution is 2.16. The van der Waals surface area contributed by atoms with E-state index in [2.05, 4.69) is 10.4 Å². The van der Waals surface area contributed by atoms with Crippen molar-refractivity contribution in [2.45, 2.75) is 20.4 Å². The van der Waals surface area contributed by atoms with Crippen molar-refractivity contribution in [3.8, 4) is 0 Å². The quantitative estimate of drug-likeness (QED) is 0.906. The lowest BCUT2D eigenvalue weighted by molar-refractivity contribution is 0.102. The molecule has 0 fully saturated rings. The summed E-state index contributed by atoms with van der Waals surface area (Å²) in [6.45, 7) is 4.44. The SMILES string of the molecule is CCn1ccc(C(=O)Nc2cc(F)ccc2C)n1. The van der Waals surface area contributed by atoms with Gasteiger partial charge in [0.15, 0.2) is 5.69 Å². The van der Waals surface area contributed by atoms with Crippen molar-refractivity contribution in [2.75, 3.05) is 5.32 Å². The number of carbonyl (C=O) groups excluding carboxylic acids is 1. The maximum absolute atomic E-state index is 13.1. The predicted octanol–water partition coefficient (Wildman–Crippen LogP) is 2.60. The third-order valence-corrected chi connectivity index (χ3v) is 2.65. The molecule has 5 heteroatoms. The molecule has 0 radical (unpaired) electrons. The zero-order chi connectivity index (χ0) is 13.1. The molecule has 94 valence electrons. The Labute approximate surface area is 104 Å². The molecule has 0 spiro atoms. The summed E-state index contributed by atoms with van der Waals surface area (Å²) in [4.78, 5) is 11.9. The molecule has 0 bridgehead atoms. The number of carbonyl (C=O) groups is 1. The fourth-order valence-corrected chi connectivity index (χ4v) is 1.57. The van der Waals surface area contributed by atoms with E-state index in [1.54, 1.807) is 29.9 Å². The highest BCUT2D eigenvalue weighted by Gasteiger charge is 2.11. The largest absolute Gasteiger partial charge is 0.320 e. The van der Waals surface area contributed by atoms with Crippen LogP contribution in [0.3, 0.4) is 0 Å². The van der Waals surface area contributed by atoms with Gasteiger partial charge in [-0.2, -0.15) is 5.10 Å². The van der Waals surface area contributed by atoms with Gasteiger partial charge in [0.25, 0.3) is 5.91 Å². The minimum Gasteiger partial charge on any atom is -0.320 e. The van der Waals surface area contributed by atoms with Gasteiger partial charge in [-0.15, -0.1) is 0 Å². The fourth-order valence-electron chi connectivity index (χ4n) is 1.57. The van der Waals surface area contributed by atoms with E-state index in [4.69, 9.17) is 0 Å². The van der Waals surface area contributed by atoms with E-state index >= 15 is 0 Å². The summed E-state index contributed by atoms with van der Waals surface area (Å²) in [5.74, 6) is -0.717. The van der Waals surface area contributed by atoms with E-state index < -0.39 is 0 Å². The van der Waals surface area contributed by atoms with Gasteiger partial charge in [-0.25, -0.2) is 4.39 Å². The summed E-state index contributed by atoms with van der Waals surface area (Å²) in [7, 11) is 0. The summed E-state index contributed by atoms with van der Waals surface area (Å²) >= 11 is 0. The summed E-state index contributed by atoms with van der Waals surface area (Å²) < 4.78 is 14.7. The van der Waals surface area contributed by atoms with Gasteiger partial charge in [-0.1, -0.05) is 6.07 Å². The first-order valence-electron chi connectivity index (χ1n) is 5.71. The number of aryl methyl sites for hydroxylation is 2. The molecule has 0 aliphatic rings. The second kappa shape index (κ2) is 5.00. The Kier molecular flexibility index (Phi) is 3.41. The van der Waals surface area contributed by atoms with Crippen LogP contribution < -0.4 is 5.32 Å². The number of rotatable bonds is 3. The van der Waals surface area contributed by atoms with Gasteiger partial charge in [-0.05, 0) is 37.6 Å². The zero-order valence-electron chi connectivity index (χ0n) is 10.3. The molecule has 1 amide bonds. The first-order chi connectivity index (χ1) is 8.60. The molecule has 0 saturated carbocycles. The molecule has 18 heavy (non-hydrogen) atoms. The minimum absolute atomic E-state index is 0.320. The average molecular weight is 247 g/mol. The van der Waals surface area contributed by atoms with Crippen LogP contribution in [0.4, 0.5) is 10.1 Å². The van der Waals surface area contributed by atoms with Crippen LogP contribution in [-0.4, -0.2) is 15.7 Å². The van der Waals surface area contributed by atoms with Crippen molar-refractivity contribution in [3.05, 3.63) is 47.5 Å². The average Bonchev–Trinajstić information content (AvgIpc) is 2.82. The topological polar surface area (TPSA) is 46.9 Å². The Morgan fingerprint density at radius 1 is 1.44 bits per heavy atom. The molecular formula is C13H14FN3O. The van der Waals surface area contributed by atoms with E-state index in [1.165, 1.54) is 12.1 Å². The van der Waals surface area contributed by atoms with E-state index in [0.717, 1.165) is 5.56 Å². The standard InChI is InChI=1S/C13H14FN3O/c1-3-17-7-6-11(16-17)13(18)15-12-8-10(14)5-4-9(12)2/h4-8H,3H2,1-2H3,(H,15,18). The number of halogens is 1. The minimum atomic E-state index is -0.380. The Bertz CT molecular complexity index is 577. The smallest absolute Gasteiger partial charge is 0.276 e. The molecule has 1 aromatic carbocycles. The van der Waals surface area contributed by atoms with Crippen LogP contribution in [0.2, 0.25) is 0 Å². The number of aromatic nitrogens is 2. The Hall–Kier alpha value is -2.17. The van der Waals surface area contributed by atoms with Gasteiger partial charge in [0, 0.05) is 18.4 Å². The summed E-state index contributed by atoms with van der Waals surface area (Å²) in [6, 6.07) is 5.91. The van der Waals surface area contributed by atoms with Crippen LogP contribution in [-0.2, 0) is 6.54 Å². The summed E-state index contributed by atoms with van der Waals surface area (Å²) in [5.41, 5.74) is 1.59. The Morgan fingerprint density at radius 3 is 2.89 bits per heavy atom. The van der Waals surface area contributed by atoms with Crippen molar-refractivity contribution in [1.29, 1.82) is 0 Å². The Morgan fingerprint density at radius 2 is 2.22 bits per heavy atom. The maximum Gasteiger partial charge on any atom is 0.276 e. The van der Waals surface area contributed by atoms with Gasteiger partial charge in [0.05, 0.1) is 0 Å². The molecule has 2 rings (SSSR count). The number of benzene rings is 1. The third kappa shape index (κ3) is 2.56. The first kappa shape index (κ1) is 12.3. The predicted molar refractivity (Wildman–Crippen MR) is 67.0 cm³/mol. The maximum atomic E-state index is 13.1.